The van der Waals surface area contributed by atoms with E-state index < -0.39 is 0 Å². The zero-order chi connectivity index (χ0) is 15.9. The zero-order valence-electron chi connectivity index (χ0n) is 13.9. The summed E-state index contributed by atoms with van der Waals surface area (Å²) in [6, 6.07) is 17.2. The third kappa shape index (κ3) is 5.08. The van der Waals surface area contributed by atoms with Crippen LogP contribution in [0.25, 0.3) is 0 Å². The van der Waals surface area contributed by atoms with Crippen molar-refractivity contribution in [3.63, 3.8) is 0 Å². The van der Waals surface area contributed by atoms with Crippen LogP contribution in [-0.2, 0) is 13.0 Å². The number of benzene rings is 2. The Morgan fingerprint density at radius 1 is 0.913 bits per heavy atom. The number of rotatable bonds is 6. The molecular weight excluding hydrogens is 284 g/mol. The normalized spacial score (nSPS) is 15.5. The summed E-state index contributed by atoms with van der Waals surface area (Å²) in [7, 11) is 0. The molecule has 23 heavy (non-hydrogen) atoms. The SMILES string of the molecule is Cc1ccc(OCCc2ccc(CN3CCNCC3)cc2)cc1. The molecule has 3 nitrogen and oxygen atoms in total. The predicted octanol–water partition coefficient (Wildman–Crippen LogP) is 3.02. The van der Waals surface area contributed by atoms with Crippen molar-refractivity contribution in [2.24, 2.45) is 0 Å². The Kier molecular flexibility index (Phi) is 5.67. The minimum atomic E-state index is 0.722. The molecule has 0 saturated carbocycles. The summed E-state index contributed by atoms with van der Waals surface area (Å²) in [4.78, 5) is 2.51. The molecule has 0 aliphatic carbocycles. The second-order valence-electron chi connectivity index (χ2n) is 6.25. The molecule has 1 saturated heterocycles. The number of nitrogens with zero attached hydrogens (tertiary/aromatic N) is 1. The topological polar surface area (TPSA) is 24.5 Å². The van der Waals surface area contributed by atoms with Gasteiger partial charge < -0.3 is 10.1 Å². The van der Waals surface area contributed by atoms with Crippen LogP contribution in [-0.4, -0.2) is 37.7 Å². The van der Waals surface area contributed by atoms with E-state index in [0.29, 0.717) is 0 Å². The molecule has 0 bridgehead atoms. The number of nitrogens with one attached hydrogen (secondary N) is 1. The van der Waals surface area contributed by atoms with Gasteiger partial charge in [-0.1, -0.05) is 42.0 Å². The minimum absolute atomic E-state index is 0.722. The highest BCUT2D eigenvalue weighted by Gasteiger charge is 2.09. The van der Waals surface area contributed by atoms with E-state index in [1.54, 1.807) is 0 Å². The van der Waals surface area contributed by atoms with E-state index in [9.17, 15) is 0 Å². The second-order valence-corrected chi connectivity index (χ2v) is 6.25. The maximum Gasteiger partial charge on any atom is 0.119 e. The van der Waals surface area contributed by atoms with E-state index in [1.165, 1.54) is 16.7 Å². The lowest BCUT2D eigenvalue weighted by atomic mass is 10.1. The highest BCUT2D eigenvalue weighted by Crippen LogP contribution is 2.13. The van der Waals surface area contributed by atoms with Crippen LogP contribution in [0.5, 0.6) is 5.75 Å². The molecule has 0 unspecified atom stereocenters. The largest absolute Gasteiger partial charge is 0.493 e. The first-order chi connectivity index (χ1) is 11.3. The lowest BCUT2D eigenvalue weighted by Gasteiger charge is -2.27. The average Bonchev–Trinajstić information content (AvgIpc) is 2.59. The maximum atomic E-state index is 5.80. The van der Waals surface area contributed by atoms with Gasteiger partial charge in [-0.2, -0.15) is 0 Å². The van der Waals surface area contributed by atoms with Crippen molar-refractivity contribution in [1.82, 2.24) is 10.2 Å². The van der Waals surface area contributed by atoms with Gasteiger partial charge in [-0.15, -0.1) is 0 Å². The first-order valence-electron chi connectivity index (χ1n) is 8.50. The summed E-state index contributed by atoms with van der Waals surface area (Å²) in [5.74, 6) is 0.950. The Bertz CT molecular complexity index is 586. The van der Waals surface area contributed by atoms with E-state index in [2.05, 4.69) is 53.5 Å². The molecule has 0 aromatic heterocycles. The van der Waals surface area contributed by atoms with Gasteiger partial charge in [0.1, 0.15) is 5.75 Å². The fraction of sp³-hybridized carbons (Fsp3) is 0.400. The quantitative estimate of drug-likeness (QED) is 0.887. The van der Waals surface area contributed by atoms with E-state index >= 15 is 0 Å². The van der Waals surface area contributed by atoms with Gasteiger partial charge in [-0.3, -0.25) is 4.90 Å². The molecular formula is C20H26N2O. The third-order valence-corrected chi connectivity index (χ3v) is 4.32. The molecule has 1 N–H and O–H groups in total. The van der Waals surface area contributed by atoms with Crippen molar-refractivity contribution < 1.29 is 4.74 Å². The molecule has 2 aromatic rings. The molecule has 0 radical (unpaired) electrons. The summed E-state index contributed by atoms with van der Waals surface area (Å²) in [5, 5.41) is 3.39. The Morgan fingerprint density at radius 3 is 2.26 bits per heavy atom. The van der Waals surface area contributed by atoms with E-state index in [1.807, 2.05) is 12.1 Å². The lowest BCUT2D eigenvalue weighted by molar-refractivity contribution is 0.233. The first-order valence-corrected chi connectivity index (χ1v) is 8.50. The van der Waals surface area contributed by atoms with E-state index in [4.69, 9.17) is 4.74 Å². The van der Waals surface area contributed by atoms with Crippen LogP contribution >= 0.6 is 0 Å². The number of piperazine rings is 1. The Hall–Kier alpha value is -1.84. The van der Waals surface area contributed by atoms with Gasteiger partial charge in [0.15, 0.2) is 0 Å². The minimum Gasteiger partial charge on any atom is -0.493 e. The summed E-state index contributed by atoms with van der Waals surface area (Å²) in [5.41, 5.74) is 3.99. The fourth-order valence-electron chi connectivity index (χ4n) is 2.86. The van der Waals surface area contributed by atoms with Crippen LogP contribution < -0.4 is 10.1 Å². The van der Waals surface area contributed by atoms with E-state index in [-0.39, 0.29) is 0 Å². The van der Waals surface area contributed by atoms with Crippen LogP contribution in [0.4, 0.5) is 0 Å². The number of hydrogen-bond acceptors (Lipinski definition) is 3. The van der Waals surface area contributed by atoms with Crippen molar-refractivity contribution in [1.29, 1.82) is 0 Å². The van der Waals surface area contributed by atoms with Gasteiger partial charge >= 0.3 is 0 Å². The molecule has 1 aliphatic heterocycles. The summed E-state index contributed by atoms with van der Waals surface area (Å²) < 4.78 is 5.80. The van der Waals surface area contributed by atoms with Crippen molar-refractivity contribution in [3.8, 4) is 5.75 Å². The first kappa shape index (κ1) is 16.0. The molecule has 3 heteroatoms. The number of ether oxygens (including phenoxy) is 1. The predicted molar refractivity (Wildman–Crippen MR) is 95.0 cm³/mol. The van der Waals surface area contributed by atoms with E-state index in [0.717, 1.165) is 51.5 Å². The monoisotopic (exact) mass is 310 g/mol. The van der Waals surface area contributed by atoms with Crippen molar-refractivity contribution in [3.05, 3.63) is 65.2 Å². The number of hydrogen-bond donors (Lipinski definition) is 1. The molecule has 0 atom stereocenters. The molecule has 2 aromatic carbocycles. The molecule has 0 amide bonds. The lowest BCUT2D eigenvalue weighted by Crippen LogP contribution is -2.42. The molecule has 1 heterocycles. The summed E-state index contributed by atoms with van der Waals surface area (Å²) in [6.07, 6.45) is 0.946. The Balaban J connectivity index is 1.44. The van der Waals surface area contributed by atoms with Crippen molar-refractivity contribution >= 4 is 0 Å². The molecule has 1 fully saturated rings. The molecule has 3 rings (SSSR count). The van der Waals surface area contributed by atoms with Gasteiger partial charge in [-0.05, 0) is 30.2 Å². The third-order valence-electron chi connectivity index (χ3n) is 4.32. The summed E-state index contributed by atoms with van der Waals surface area (Å²) >= 11 is 0. The van der Waals surface area contributed by atoms with Crippen molar-refractivity contribution in [2.45, 2.75) is 19.9 Å². The highest BCUT2D eigenvalue weighted by atomic mass is 16.5. The van der Waals surface area contributed by atoms with Gasteiger partial charge in [0.25, 0.3) is 0 Å². The Morgan fingerprint density at radius 2 is 1.57 bits per heavy atom. The van der Waals surface area contributed by atoms with Gasteiger partial charge in [-0.25, -0.2) is 0 Å². The van der Waals surface area contributed by atoms with Crippen LogP contribution in [0.15, 0.2) is 48.5 Å². The van der Waals surface area contributed by atoms with Crippen LogP contribution in [0, 0.1) is 6.92 Å². The fourth-order valence-corrected chi connectivity index (χ4v) is 2.86. The van der Waals surface area contributed by atoms with Gasteiger partial charge in [0.05, 0.1) is 6.61 Å². The maximum absolute atomic E-state index is 5.80. The summed E-state index contributed by atoms with van der Waals surface area (Å²) in [6.45, 7) is 8.37. The second kappa shape index (κ2) is 8.14. The average molecular weight is 310 g/mol. The van der Waals surface area contributed by atoms with Crippen molar-refractivity contribution in [2.75, 3.05) is 32.8 Å². The zero-order valence-corrected chi connectivity index (χ0v) is 13.9. The number of aryl methyl sites for hydroxylation is 1. The molecule has 122 valence electrons. The smallest absolute Gasteiger partial charge is 0.119 e. The highest BCUT2D eigenvalue weighted by molar-refractivity contribution is 5.27. The molecule has 0 spiro atoms. The van der Waals surface area contributed by atoms with Gasteiger partial charge in [0.2, 0.25) is 0 Å². The Labute approximate surface area is 139 Å². The standard InChI is InChI=1S/C20H26N2O/c1-17-2-8-20(9-3-17)23-15-10-18-4-6-19(7-5-18)16-22-13-11-21-12-14-22/h2-9,21H,10-16H2,1H3. The molecule has 1 aliphatic rings. The van der Waals surface area contributed by atoms with Crippen LogP contribution in [0.1, 0.15) is 16.7 Å². The van der Waals surface area contributed by atoms with Gasteiger partial charge in [0, 0.05) is 39.1 Å². The van der Waals surface area contributed by atoms with Crippen LogP contribution in [0.2, 0.25) is 0 Å². The van der Waals surface area contributed by atoms with Crippen LogP contribution in [0.3, 0.4) is 0 Å².